The average Bonchev–Trinajstić information content (AvgIpc) is 3.22. The van der Waals surface area contributed by atoms with Crippen molar-refractivity contribution in [3.63, 3.8) is 0 Å². The van der Waals surface area contributed by atoms with E-state index < -0.39 is 0 Å². The van der Waals surface area contributed by atoms with Crippen molar-refractivity contribution in [3.8, 4) is 11.1 Å². The van der Waals surface area contributed by atoms with Gasteiger partial charge in [0.05, 0.1) is 6.42 Å². The van der Waals surface area contributed by atoms with Crippen molar-refractivity contribution in [1.82, 2.24) is 24.8 Å². The second-order valence-electron chi connectivity index (χ2n) is 7.76. The molecular formula is C24H25N5O. The first-order valence-corrected chi connectivity index (χ1v) is 10.2. The number of pyridine rings is 2. The Hall–Kier alpha value is -3.41. The second-order valence-corrected chi connectivity index (χ2v) is 7.76. The van der Waals surface area contributed by atoms with Gasteiger partial charge >= 0.3 is 0 Å². The Morgan fingerprint density at radius 3 is 2.80 bits per heavy atom. The van der Waals surface area contributed by atoms with Crippen LogP contribution in [-0.4, -0.2) is 43.8 Å². The Bertz CT molecular complexity index is 1050. The molecule has 4 heterocycles. The molecule has 3 aromatic heterocycles. The van der Waals surface area contributed by atoms with Gasteiger partial charge in [0, 0.05) is 60.4 Å². The maximum absolute atomic E-state index is 11.8. The molecule has 0 N–H and O–H groups in total. The highest BCUT2D eigenvalue weighted by Gasteiger charge is 2.25. The van der Waals surface area contributed by atoms with Gasteiger partial charge in [0.15, 0.2) is 0 Å². The molecule has 1 fully saturated rings. The van der Waals surface area contributed by atoms with Crippen molar-refractivity contribution < 1.29 is 4.79 Å². The summed E-state index contributed by atoms with van der Waals surface area (Å²) in [6.45, 7) is 7.13. The third-order valence-electron chi connectivity index (χ3n) is 5.42. The number of likely N-dealkylation sites (tertiary alicyclic amines) is 1. The van der Waals surface area contributed by atoms with Crippen LogP contribution in [-0.2, 0) is 17.6 Å². The molecule has 6 heteroatoms. The lowest BCUT2D eigenvalue weighted by Gasteiger charge is -2.14. The van der Waals surface area contributed by atoms with Gasteiger partial charge in [-0.05, 0) is 55.5 Å². The van der Waals surface area contributed by atoms with E-state index >= 15 is 0 Å². The highest BCUT2D eigenvalue weighted by atomic mass is 16.2. The van der Waals surface area contributed by atoms with Crippen molar-refractivity contribution in [3.05, 3.63) is 84.5 Å². The summed E-state index contributed by atoms with van der Waals surface area (Å²) in [7, 11) is 0. The zero-order valence-electron chi connectivity index (χ0n) is 17.2. The first-order chi connectivity index (χ1) is 14.6. The van der Waals surface area contributed by atoms with Gasteiger partial charge in [0.2, 0.25) is 5.91 Å². The maximum atomic E-state index is 11.8. The number of aryl methyl sites for hydroxylation is 1. The molecule has 30 heavy (non-hydrogen) atoms. The van der Waals surface area contributed by atoms with Gasteiger partial charge in [-0.15, -0.1) is 0 Å². The number of aromatic nitrogens is 4. The third kappa shape index (κ3) is 4.76. The number of amides is 1. The molecule has 0 saturated carbocycles. The molecule has 0 radical (unpaired) electrons. The molecule has 0 unspecified atom stereocenters. The molecule has 0 aromatic carbocycles. The van der Waals surface area contributed by atoms with E-state index in [0.29, 0.717) is 12.3 Å². The molecule has 1 amide bonds. The van der Waals surface area contributed by atoms with Crippen LogP contribution in [0.5, 0.6) is 0 Å². The molecule has 3 aromatic rings. The van der Waals surface area contributed by atoms with E-state index in [0.717, 1.165) is 54.3 Å². The fraction of sp³-hybridized carbons (Fsp3) is 0.292. The minimum atomic E-state index is 0.0162. The molecule has 1 saturated heterocycles. The Morgan fingerprint density at radius 2 is 2.03 bits per heavy atom. The Balaban J connectivity index is 1.42. The molecule has 0 spiro atoms. The first kappa shape index (κ1) is 19.9. The van der Waals surface area contributed by atoms with E-state index in [9.17, 15) is 4.79 Å². The highest BCUT2D eigenvalue weighted by molar-refractivity contribution is 5.87. The van der Waals surface area contributed by atoms with Crippen LogP contribution in [0.25, 0.3) is 11.1 Å². The number of nitrogens with zero attached hydrogens (tertiary/aromatic N) is 5. The topological polar surface area (TPSA) is 71.9 Å². The van der Waals surface area contributed by atoms with Crippen molar-refractivity contribution in [2.24, 2.45) is 5.92 Å². The molecule has 152 valence electrons. The van der Waals surface area contributed by atoms with Gasteiger partial charge in [-0.1, -0.05) is 12.6 Å². The number of carbonyl (C=O) groups is 1. The van der Waals surface area contributed by atoms with Crippen molar-refractivity contribution >= 4 is 5.91 Å². The van der Waals surface area contributed by atoms with Crippen LogP contribution in [0.4, 0.5) is 0 Å². The van der Waals surface area contributed by atoms with Gasteiger partial charge in [0.1, 0.15) is 5.82 Å². The molecular weight excluding hydrogens is 374 g/mol. The van der Waals surface area contributed by atoms with Crippen LogP contribution in [0.3, 0.4) is 0 Å². The van der Waals surface area contributed by atoms with E-state index in [1.54, 1.807) is 0 Å². The van der Waals surface area contributed by atoms with Crippen LogP contribution in [0.2, 0.25) is 0 Å². The average molecular weight is 399 g/mol. The first-order valence-electron chi connectivity index (χ1n) is 10.2. The van der Waals surface area contributed by atoms with E-state index in [1.165, 1.54) is 11.6 Å². The minimum Gasteiger partial charge on any atom is -0.339 e. The summed E-state index contributed by atoms with van der Waals surface area (Å²) >= 11 is 0. The molecule has 1 aliphatic rings. The van der Waals surface area contributed by atoms with Gasteiger partial charge in [-0.2, -0.15) is 0 Å². The summed E-state index contributed by atoms with van der Waals surface area (Å²) in [5.41, 5.74) is 5.07. The molecule has 6 nitrogen and oxygen atoms in total. The standard InChI is InChI=1S/C24H25N5O/c1-3-24(30)29-8-7-18(16-29)9-19-10-20(13-25-12-19)21-14-26-23(27-15-21)11-22-6-4-5-17(2)28-22/h3-6,10,12-15,18H,1,7-9,11,16H2,2H3/t18-/m1/s1. The normalized spacial score (nSPS) is 15.9. The van der Waals surface area contributed by atoms with Crippen molar-refractivity contribution in [2.45, 2.75) is 26.2 Å². The highest BCUT2D eigenvalue weighted by Crippen LogP contribution is 2.24. The van der Waals surface area contributed by atoms with E-state index in [4.69, 9.17) is 0 Å². The SMILES string of the molecule is C=CC(=O)N1CC[C@H](Cc2cncc(-c3cnc(Cc4cccc(C)n4)nc3)c2)C1. The smallest absolute Gasteiger partial charge is 0.245 e. The molecule has 1 atom stereocenters. The van der Waals surface area contributed by atoms with Crippen LogP contribution in [0, 0.1) is 12.8 Å². The lowest BCUT2D eigenvalue weighted by atomic mass is 9.98. The number of hydrogen-bond donors (Lipinski definition) is 0. The minimum absolute atomic E-state index is 0.0162. The van der Waals surface area contributed by atoms with E-state index in [2.05, 4.69) is 32.6 Å². The monoisotopic (exact) mass is 399 g/mol. The molecule has 0 aliphatic carbocycles. The summed E-state index contributed by atoms with van der Waals surface area (Å²) in [5, 5.41) is 0. The van der Waals surface area contributed by atoms with E-state index in [1.807, 2.05) is 54.8 Å². The Morgan fingerprint density at radius 1 is 1.20 bits per heavy atom. The fourth-order valence-corrected chi connectivity index (χ4v) is 3.87. The lowest BCUT2D eigenvalue weighted by Crippen LogP contribution is -2.26. The molecule has 4 rings (SSSR count). The number of hydrogen-bond acceptors (Lipinski definition) is 5. The molecule has 0 bridgehead atoms. The van der Waals surface area contributed by atoms with Crippen LogP contribution in [0.15, 0.2) is 61.7 Å². The van der Waals surface area contributed by atoms with Gasteiger partial charge in [-0.3, -0.25) is 14.8 Å². The van der Waals surface area contributed by atoms with Crippen LogP contribution < -0.4 is 0 Å². The maximum Gasteiger partial charge on any atom is 0.245 e. The van der Waals surface area contributed by atoms with Crippen LogP contribution >= 0.6 is 0 Å². The summed E-state index contributed by atoms with van der Waals surface area (Å²) in [6.07, 6.45) is 11.4. The van der Waals surface area contributed by atoms with Crippen LogP contribution in [0.1, 0.15) is 29.2 Å². The number of carbonyl (C=O) groups excluding carboxylic acids is 1. The summed E-state index contributed by atoms with van der Waals surface area (Å²) in [4.78, 5) is 31.6. The quantitative estimate of drug-likeness (QED) is 0.594. The summed E-state index contributed by atoms with van der Waals surface area (Å²) in [6, 6.07) is 8.11. The van der Waals surface area contributed by atoms with Crippen molar-refractivity contribution in [2.75, 3.05) is 13.1 Å². The predicted octanol–water partition coefficient (Wildman–Crippen LogP) is 3.41. The summed E-state index contributed by atoms with van der Waals surface area (Å²) < 4.78 is 0. The fourth-order valence-electron chi connectivity index (χ4n) is 3.87. The zero-order valence-corrected chi connectivity index (χ0v) is 17.2. The van der Waals surface area contributed by atoms with Gasteiger partial charge in [0.25, 0.3) is 0 Å². The predicted molar refractivity (Wildman–Crippen MR) is 116 cm³/mol. The second kappa shape index (κ2) is 8.95. The van der Waals surface area contributed by atoms with E-state index in [-0.39, 0.29) is 5.91 Å². The number of rotatable bonds is 6. The van der Waals surface area contributed by atoms with Crippen molar-refractivity contribution in [1.29, 1.82) is 0 Å². The van der Waals surface area contributed by atoms with Gasteiger partial charge < -0.3 is 4.90 Å². The summed E-state index contributed by atoms with van der Waals surface area (Å²) in [5.74, 6) is 1.22. The zero-order chi connectivity index (χ0) is 20.9. The Labute approximate surface area is 176 Å². The largest absolute Gasteiger partial charge is 0.339 e. The lowest BCUT2D eigenvalue weighted by molar-refractivity contribution is -0.125. The van der Waals surface area contributed by atoms with Gasteiger partial charge in [-0.25, -0.2) is 9.97 Å². The Kier molecular flexibility index (Phi) is 5.93. The third-order valence-corrected chi connectivity index (χ3v) is 5.42. The molecule has 1 aliphatic heterocycles.